The maximum absolute atomic E-state index is 12.2. The number of carbonyl (C=O) groups is 1. The molecule has 0 saturated carbocycles. The number of aromatic carboxylic acids is 1. The van der Waals surface area contributed by atoms with E-state index < -0.39 is 18.8 Å². The van der Waals surface area contributed by atoms with Crippen LogP contribution in [0.4, 0.5) is 13.2 Å². The molecule has 6 nitrogen and oxygen atoms in total. The van der Waals surface area contributed by atoms with Crippen LogP contribution in [0.25, 0.3) is 22.8 Å². The summed E-state index contributed by atoms with van der Waals surface area (Å²) in [6.45, 7) is 0.321. The van der Waals surface area contributed by atoms with Gasteiger partial charge in [0.25, 0.3) is 0 Å². The van der Waals surface area contributed by atoms with Crippen molar-refractivity contribution in [3.63, 3.8) is 0 Å². The highest BCUT2D eigenvalue weighted by molar-refractivity contribution is 5.90. The number of hydrogen-bond acceptors (Lipinski definition) is 5. The van der Waals surface area contributed by atoms with Crippen molar-refractivity contribution < 1.29 is 32.2 Å². The molecule has 140 valence electrons. The first-order valence-corrected chi connectivity index (χ1v) is 7.69. The lowest BCUT2D eigenvalue weighted by Gasteiger charge is -2.10. The predicted molar refractivity (Wildman–Crippen MR) is 88.4 cm³/mol. The Morgan fingerprint density at radius 3 is 2.37 bits per heavy atom. The molecule has 0 aliphatic carbocycles. The Bertz CT molecular complexity index is 965. The second-order valence-electron chi connectivity index (χ2n) is 5.65. The van der Waals surface area contributed by atoms with Crippen molar-refractivity contribution in [2.24, 2.45) is 0 Å². The first-order chi connectivity index (χ1) is 12.7. The molecule has 3 aromatic rings. The molecule has 0 aliphatic rings. The van der Waals surface area contributed by atoms with Gasteiger partial charge < -0.3 is 14.3 Å². The fourth-order valence-corrected chi connectivity index (χ4v) is 2.27. The Kier molecular flexibility index (Phi) is 4.85. The van der Waals surface area contributed by atoms with E-state index in [0.29, 0.717) is 17.0 Å². The second kappa shape index (κ2) is 7.10. The lowest BCUT2D eigenvalue weighted by Crippen LogP contribution is -2.19. The molecule has 0 bridgehead atoms. The Hall–Kier alpha value is -3.36. The molecule has 27 heavy (non-hydrogen) atoms. The zero-order valence-corrected chi connectivity index (χ0v) is 13.9. The normalized spacial score (nSPS) is 11.4. The molecule has 0 fully saturated rings. The number of hydrogen-bond donors (Lipinski definition) is 1. The largest absolute Gasteiger partial charge is 0.484 e. The van der Waals surface area contributed by atoms with Gasteiger partial charge in [-0.05, 0) is 43.3 Å². The van der Waals surface area contributed by atoms with Gasteiger partial charge in [0, 0.05) is 5.56 Å². The summed E-state index contributed by atoms with van der Waals surface area (Å²) in [4.78, 5) is 19.9. The molecule has 0 saturated heterocycles. The molecule has 0 aliphatic heterocycles. The first kappa shape index (κ1) is 18.4. The third-order valence-electron chi connectivity index (χ3n) is 3.46. The number of nitrogens with zero attached hydrogens (tertiary/aromatic N) is 2. The third-order valence-corrected chi connectivity index (χ3v) is 3.46. The molecule has 0 unspecified atom stereocenters. The summed E-state index contributed by atoms with van der Waals surface area (Å²) < 4.78 is 46.5. The van der Waals surface area contributed by atoms with Crippen LogP contribution >= 0.6 is 0 Å². The molecule has 2 heterocycles. The first-order valence-electron chi connectivity index (χ1n) is 7.69. The fourth-order valence-electron chi connectivity index (χ4n) is 2.27. The SMILES string of the molecule is Cc1coc(-c2cc(C(=O)O)cc(-c3ccc(OCC(F)(F)F)cc3)n2)n1. The number of rotatable bonds is 5. The minimum absolute atomic E-state index is 0.0248. The smallest absolute Gasteiger partial charge is 0.422 e. The van der Waals surface area contributed by atoms with Crippen LogP contribution < -0.4 is 4.74 Å². The van der Waals surface area contributed by atoms with Crippen LogP contribution in [0, 0.1) is 6.92 Å². The van der Waals surface area contributed by atoms with Crippen molar-refractivity contribution in [2.75, 3.05) is 6.61 Å². The molecular formula is C18H13F3N2O4. The number of aryl methyl sites for hydroxylation is 1. The summed E-state index contributed by atoms with van der Waals surface area (Å²) in [7, 11) is 0. The number of benzene rings is 1. The van der Waals surface area contributed by atoms with Gasteiger partial charge in [0.2, 0.25) is 5.89 Å². The number of oxazole rings is 1. The van der Waals surface area contributed by atoms with E-state index in [4.69, 9.17) is 4.42 Å². The molecule has 1 N–H and O–H groups in total. The van der Waals surface area contributed by atoms with Gasteiger partial charge in [-0.2, -0.15) is 13.2 Å². The van der Waals surface area contributed by atoms with Crippen molar-refractivity contribution in [3.05, 3.63) is 53.9 Å². The summed E-state index contributed by atoms with van der Waals surface area (Å²) in [6, 6.07) is 8.37. The molecule has 9 heteroatoms. The fraction of sp³-hybridized carbons (Fsp3) is 0.167. The number of pyridine rings is 1. The summed E-state index contributed by atoms with van der Waals surface area (Å²) in [6.07, 6.45) is -3.02. The van der Waals surface area contributed by atoms with Crippen molar-refractivity contribution in [1.82, 2.24) is 9.97 Å². The highest BCUT2D eigenvalue weighted by Gasteiger charge is 2.28. The molecule has 0 atom stereocenters. The van der Waals surface area contributed by atoms with Gasteiger partial charge in [0.05, 0.1) is 17.0 Å². The van der Waals surface area contributed by atoms with E-state index in [2.05, 4.69) is 14.7 Å². The quantitative estimate of drug-likeness (QED) is 0.710. The molecular weight excluding hydrogens is 365 g/mol. The summed E-state index contributed by atoms with van der Waals surface area (Å²) in [5.41, 5.74) is 1.63. The lowest BCUT2D eigenvalue weighted by molar-refractivity contribution is -0.153. The number of ether oxygens (including phenoxy) is 1. The maximum Gasteiger partial charge on any atom is 0.422 e. The van der Waals surface area contributed by atoms with Crippen molar-refractivity contribution in [3.8, 4) is 28.6 Å². The Labute approximate surface area is 151 Å². The highest BCUT2D eigenvalue weighted by atomic mass is 19.4. The monoisotopic (exact) mass is 378 g/mol. The molecule has 3 rings (SSSR count). The number of halogens is 3. The highest BCUT2D eigenvalue weighted by Crippen LogP contribution is 2.27. The van der Waals surface area contributed by atoms with Gasteiger partial charge in [0.15, 0.2) is 6.61 Å². The zero-order chi connectivity index (χ0) is 19.6. The summed E-state index contributed by atoms with van der Waals surface area (Å²) >= 11 is 0. The maximum atomic E-state index is 12.2. The van der Waals surface area contributed by atoms with Gasteiger partial charge >= 0.3 is 12.1 Å². The van der Waals surface area contributed by atoms with Gasteiger partial charge in [-0.1, -0.05) is 0 Å². The predicted octanol–water partition coefficient (Wildman–Crippen LogP) is 4.35. The van der Waals surface area contributed by atoms with Crippen molar-refractivity contribution in [1.29, 1.82) is 0 Å². The molecule has 0 spiro atoms. The number of alkyl halides is 3. The Morgan fingerprint density at radius 1 is 1.15 bits per heavy atom. The van der Waals surface area contributed by atoms with Crippen LogP contribution in [0.15, 0.2) is 47.1 Å². The Balaban J connectivity index is 1.93. The van der Waals surface area contributed by atoms with E-state index in [0.717, 1.165) is 0 Å². The van der Waals surface area contributed by atoms with E-state index in [1.807, 2.05) is 0 Å². The van der Waals surface area contributed by atoms with Crippen LogP contribution in [0.5, 0.6) is 5.75 Å². The van der Waals surface area contributed by atoms with Crippen LogP contribution in [0.2, 0.25) is 0 Å². The van der Waals surface area contributed by atoms with Crippen LogP contribution in [-0.2, 0) is 0 Å². The van der Waals surface area contributed by atoms with E-state index in [1.54, 1.807) is 6.92 Å². The van der Waals surface area contributed by atoms with Gasteiger partial charge in [0.1, 0.15) is 17.7 Å². The summed E-state index contributed by atoms with van der Waals surface area (Å²) in [5.74, 6) is -0.954. The number of aromatic nitrogens is 2. The van der Waals surface area contributed by atoms with Crippen LogP contribution in [0.3, 0.4) is 0 Å². The molecule has 0 amide bonds. The Morgan fingerprint density at radius 2 is 1.81 bits per heavy atom. The molecule has 1 aromatic carbocycles. The van der Waals surface area contributed by atoms with E-state index in [-0.39, 0.29) is 22.9 Å². The van der Waals surface area contributed by atoms with Crippen LogP contribution in [-0.4, -0.2) is 33.8 Å². The minimum atomic E-state index is -4.43. The number of carboxylic acid groups (broad SMARTS) is 1. The topological polar surface area (TPSA) is 85.5 Å². The minimum Gasteiger partial charge on any atom is -0.484 e. The van der Waals surface area contributed by atoms with Crippen LogP contribution in [0.1, 0.15) is 16.1 Å². The van der Waals surface area contributed by atoms with Gasteiger partial charge in [-0.3, -0.25) is 0 Å². The summed E-state index contributed by atoms with van der Waals surface area (Å²) in [5, 5.41) is 9.32. The second-order valence-corrected chi connectivity index (χ2v) is 5.65. The lowest BCUT2D eigenvalue weighted by atomic mass is 10.1. The number of carboxylic acids is 1. The van der Waals surface area contributed by atoms with E-state index in [1.165, 1.54) is 42.7 Å². The van der Waals surface area contributed by atoms with Gasteiger partial charge in [-0.15, -0.1) is 0 Å². The average molecular weight is 378 g/mol. The van der Waals surface area contributed by atoms with Crippen molar-refractivity contribution in [2.45, 2.75) is 13.1 Å². The van der Waals surface area contributed by atoms with E-state index >= 15 is 0 Å². The van der Waals surface area contributed by atoms with Crippen molar-refractivity contribution >= 4 is 5.97 Å². The van der Waals surface area contributed by atoms with Gasteiger partial charge in [-0.25, -0.2) is 14.8 Å². The van der Waals surface area contributed by atoms with E-state index in [9.17, 15) is 23.1 Å². The molecule has 0 radical (unpaired) electrons. The zero-order valence-electron chi connectivity index (χ0n) is 13.9. The molecule has 2 aromatic heterocycles. The third kappa shape index (κ3) is 4.63. The average Bonchev–Trinajstić information content (AvgIpc) is 3.06. The standard InChI is InChI=1S/C18H13F3N2O4/c1-10-8-26-16(22-10)15-7-12(17(24)25)6-14(23-15)11-2-4-13(5-3-11)27-9-18(19,20)21/h2-8H,9H2,1H3,(H,24,25).